The molecule has 0 fully saturated rings. The molecule has 0 radical (unpaired) electrons. The Balaban J connectivity index is 1.68. The monoisotopic (exact) mass is 593 g/mol. The largest absolute Gasteiger partial charge is 0.488 e. The number of anilines is 1. The van der Waals surface area contributed by atoms with Gasteiger partial charge in [0.2, 0.25) is 10.0 Å². The first-order valence-corrected chi connectivity index (χ1v) is 16.0. The van der Waals surface area contributed by atoms with Gasteiger partial charge in [-0.1, -0.05) is 31.2 Å². The number of fused-ring (bicyclic) bond motifs is 1. The van der Waals surface area contributed by atoms with Gasteiger partial charge in [0.1, 0.15) is 16.1 Å². The highest BCUT2D eigenvalue weighted by Crippen LogP contribution is 2.32. The van der Waals surface area contributed by atoms with Gasteiger partial charge >= 0.3 is 0 Å². The van der Waals surface area contributed by atoms with Crippen LogP contribution in [-0.4, -0.2) is 75.9 Å². The number of hydrogen-bond donors (Lipinski definition) is 2. The van der Waals surface area contributed by atoms with Crippen molar-refractivity contribution in [3.8, 4) is 5.75 Å². The van der Waals surface area contributed by atoms with Crippen LogP contribution < -0.4 is 9.46 Å². The van der Waals surface area contributed by atoms with E-state index < -0.39 is 38.1 Å². The molecule has 2 aromatic carbocycles. The smallest absolute Gasteiger partial charge is 0.271 e. The van der Waals surface area contributed by atoms with E-state index >= 15 is 0 Å². The van der Waals surface area contributed by atoms with Gasteiger partial charge in [-0.25, -0.2) is 16.8 Å². The average molecular weight is 594 g/mol. The van der Waals surface area contributed by atoms with Crippen LogP contribution in [0.3, 0.4) is 0 Å². The molecule has 10 nitrogen and oxygen atoms in total. The average Bonchev–Trinajstić information content (AvgIpc) is 3.47. The van der Waals surface area contributed by atoms with Crippen molar-refractivity contribution >= 4 is 43.0 Å². The number of likely N-dealkylation sites (N-methyl/N-ethyl adjacent to an activating group) is 1. The standard InChI is InChI=1S/C26H31N3O7S3/c1-18-15-29(19(2)17-30)26(31)22-14-20(27-38(32,33)25-10-7-13-37-25)11-12-23(22)36-24(18)16-28(3)39(34,35)21-8-5-4-6-9-21/h4-14,18-19,24,27,30H,15-17H2,1-3H3/t18-,19+,24-/m1/s1. The van der Waals surface area contributed by atoms with Crippen molar-refractivity contribution < 1.29 is 31.5 Å². The Kier molecular flexibility index (Phi) is 8.66. The quantitative estimate of drug-likeness (QED) is 0.390. The number of benzene rings is 2. The molecular weight excluding hydrogens is 563 g/mol. The fraction of sp³-hybridized carbons (Fsp3) is 0.346. The van der Waals surface area contributed by atoms with E-state index in [4.69, 9.17) is 4.74 Å². The Hall–Kier alpha value is -2.97. The lowest BCUT2D eigenvalue weighted by Gasteiger charge is -2.38. The van der Waals surface area contributed by atoms with Crippen LogP contribution in [0.4, 0.5) is 5.69 Å². The van der Waals surface area contributed by atoms with E-state index in [1.807, 2.05) is 6.92 Å². The van der Waals surface area contributed by atoms with Gasteiger partial charge in [0, 0.05) is 25.2 Å². The maximum atomic E-state index is 13.6. The van der Waals surface area contributed by atoms with E-state index in [1.165, 1.54) is 52.7 Å². The topological polar surface area (TPSA) is 133 Å². The van der Waals surface area contributed by atoms with Crippen molar-refractivity contribution in [2.45, 2.75) is 35.1 Å². The Bertz CT molecular complexity index is 1510. The summed E-state index contributed by atoms with van der Waals surface area (Å²) in [5, 5.41) is 11.5. The van der Waals surface area contributed by atoms with E-state index in [1.54, 1.807) is 36.6 Å². The molecular formula is C26H31N3O7S3. The van der Waals surface area contributed by atoms with E-state index in [9.17, 15) is 26.7 Å². The number of nitrogens with one attached hydrogen (secondary N) is 1. The summed E-state index contributed by atoms with van der Waals surface area (Å²) in [5.41, 5.74) is 0.275. The highest BCUT2D eigenvalue weighted by molar-refractivity contribution is 7.94. The van der Waals surface area contributed by atoms with Crippen LogP contribution in [-0.2, 0) is 20.0 Å². The SMILES string of the molecule is C[C@@H]1CN([C@@H](C)CO)C(=O)c2cc(NS(=O)(=O)c3cccs3)ccc2O[C@@H]1CN(C)S(=O)(=O)c1ccccc1. The van der Waals surface area contributed by atoms with Crippen molar-refractivity contribution in [3.05, 3.63) is 71.6 Å². The summed E-state index contributed by atoms with van der Waals surface area (Å²) >= 11 is 1.07. The highest BCUT2D eigenvalue weighted by atomic mass is 32.2. The predicted molar refractivity (Wildman–Crippen MR) is 149 cm³/mol. The van der Waals surface area contributed by atoms with Crippen molar-refractivity contribution in [2.24, 2.45) is 5.92 Å². The second kappa shape index (κ2) is 11.6. The van der Waals surface area contributed by atoms with Crippen LogP contribution in [0.2, 0.25) is 0 Å². The fourth-order valence-electron chi connectivity index (χ4n) is 4.25. The number of nitrogens with zero attached hydrogens (tertiary/aromatic N) is 2. The molecule has 0 saturated carbocycles. The van der Waals surface area contributed by atoms with Crippen molar-refractivity contribution in [1.82, 2.24) is 9.21 Å². The molecule has 210 valence electrons. The number of aliphatic hydroxyl groups excluding tert-OH is 1. The number of amides is 1. The lowest BCUT2D eigenvalue weighted by Crippen LogP contribution is -2.50. The van der Waals surface area contributed by atoms with Gasteiger partial charge in [0.15, 0.2) is 0 Å². The molecule has 0 unspecified atom stereocenters. The number of sulfonamides is 2. The Morgan fingerprint density at radius 3 is 2.49 bits per heavy atom. The van der Waals surface area contributed by atoms with E-state index in [0.29, 0.717) is 0 Å². The number of hydrogen-bond acceptors (Lipinski definition) is 8. The molecule has 1 aliphatic rings. The van der Waals surface area contributed by atoms with Crippen LogP contribution in [0.5, 0.6) is 5.75 Å². The third kappa shape index (κ3) is 6.28. The number of carbonyl (C=O) groups is 1. The minimum Gasteiger partial charge on any atom is -0.488 e. The molecule has 13 heteroatoms. The summed E-state index contributed by atoms with van der Waals surface area (Å²) in [4.78, 5) is 15.3. The molecule has 4 rings (SSSR count). The van der Waals surface area contributed by atoms with Crippen LogP contribution in [0.25, 0.3) is 0 Å². The first-order chi connectivity index (χ1) is 18.4. The first-order valence-electron chi connectivity index (χ1n) is 12.2. The van der Waals surface area contributed by atoms with Gasteiger partial charge in [-0.05, 0) is 48.7 Å². The molecule has 0 saturated heterocycles. The van der Waals surface area contributed by atoms with Gasteiger partial charge in [-0.15, -0.1) is 11.3 Å². The van der Waals surface area contributed by atoms with Gasteiger partial charge in [0.25, 0.3) is 15.9 Å². The predicted octanol–water partition coefficient (Wildman–Crippen LogP) is 3.09. The number of rotatable bonds is 9. The maximum Gasteiger partial charge on any atom is 0.271 e. The molecule has 0 bridgehead atoms. The fourth-order valence-corrected chi connectivity index (χ4v) is 7.50. The van der Waals surface area contributed by atoms with Crippen LogP contribution >= 0.6 is 11.3 Å². The summed E-state index contributed by atoms with van der Waals surface area (Å²) in [7, 11) is -6.18. The molecule has 1 aromatic heterocycles. The summed E-state index contributed by atoms with van der Waals surface area (Å²) in [6, 6.07) is 15.0. The molecule has 3 aromatic rings. The molecule has 1 amide bonds. The highest BCUT2D eigenvalue weighted by Gasteiger charge is 2.35. The lowest BCUT2D eigenvalue weighted by atomic mass is 9.99. The maximum absolute atomic E-state index is 13.6. The minimum absolute atomic E-state index is 0.000128. The van der Waals surface area contributed by atoms with E-state index in [2.05, 4.69) is 4.72 Å². The number of ether oxygens (including phenoxy) is 1. The molecule has 2 N–H and O–H groups in total. The van der Waals surface area contributed by atoms with Crippen molar-refractivity contribution in [3.63, 3.8) is 0 Å². The first kappa shape index (κ1) is 29.0. The Morgan fingerprint density at radius 1 is 1.13 bits per heavy atom. The molecule has 2 heterocycles. The molecule has 39 heavy (non-hydrogen) atoms. The summed E-state index contributed by atoms with van der Waals surface area (Å²) < 4.78 is 61.9. The second-order valence-corrected chi connectivity index (χ2v) is 14.4. The van der Waals surface area contributed by atoms with Crippen LogP contribution in [0.15, 0.2) is 75.1 Å². The van der Waals surface area contributed by atoms with Crippen molar-refractivity contribution in [1.29, 1.82) is 0 Å². The van der Waals surface area contributed by atoms with Crippen LogP contribution in [0, 0.1) is 5.92 Å². The Morgan fingerprint density at radius 2 is 1.85 bits per heavy atom. The van der Waals surface area contributed by atoms with Gasteiger partial charge in [-0.2, -0.15) is 4.31 Å². The third-order valence-electron chi connectivity index (χ3n) is 6.57. The van der Waals surface area contributed by atoms with E-state index in [0.717, 1.165) is 11.3 Å². The summed E-state index contributed by atoms with van der Waals surface area (Å²) in [6.07, 6.45) is -0.651. The summed E-state index contributed by atoms with van der Waals surface area (Å²) in [6.45, 7) is 3.46. The zero-order chi connectivity index (χ0) is 28.4. The van der Waals surface area contributed by atoms with Crippen LogP contribution in [0.1, 0.15) is 24.2 Å². The molecule has 3 atom stereocenters. The normalized spacial score (nSPS) is 19.1. The number of aliphatic hydroxyl groups is 1. The zero-order valence-electron chi connectivity index (χ0n) is 21.7. The number of thiophene rings is 1. The van der Waals surface area contributed by atoms with E-state index in [-0.39, 0.29) is 51.7 Å². The summed E-state index contributed by atoms with van der Waals surface area (Å²) in [5.74, 6) is -0.544. The van der Waals surface area contributed by atoms with Gasteiger partial charge < -0.3 is 14.7 Å². The zero-order valence-corrected chi connectivity index (χ0v) is 24.2. The third-order valence-corrected chi connectivity index (χ3v) is 11.2. The minimum atomic E-state index is -3.85. The lowest BCUT2D eigenvalue weighted by molar-refractivity contribution is 0.0387. The molecule has 1 aliphatic heterocycles. The number of carbonyl (C=O) groups excluding carboxylic acids is 1. The van der Waals surface area contributed by atoms with Gasteiger partial charge in [0.05, 0.1) is 29.7 Å². The van der Waals surface area contributed by atoms with Crippen molar-refractivity contribution in [2.75, 3.05) is 31.5 Å². The van der Waals surface area contributed by atoms with Gasteiger partial charge in [-0.3, -0.25) is 9.52 Å². The molecule has 0 aliphatic carbocycles. The Labute approximate surface area is 232 Å². The molecule has 0 spiro atoms. The second-order valence-electron chi connectivity index (χ2n) is 9.47.